The van der Waals surface area contributed by atoms with Crippen molar-refractivity contribution in [2.45, 2.75) is 42.2 Å². The van der Waals surface area contributed by atoms with Gasteiger partial charge < -0.3 is 9.47 Å². The van der Waals surface area contributed by atoms with Crippen LogP contribution in [0.4, 0.5) is 8.78 Å². The molecule has 0 amide bonds. The number of carbonyl (C=O) groups excluding carboxylic acids is 1. The zero-order chi connectivity index (χ0) is 23.1. The Morgan fingerprint density at radius 3 is 2.56 bits per heavy atom. The summed E-state index contributed by atoms with van der Waals surface area (Å²) < 4.78 is 66.9. The van der Waals surface area contributed by atoms with Crippen LogP contribution in [0.15, 0.2) is 41.3 Å². The number of hydrogen-bond donors (Lipinski definition) is 0. The highest BCUT2D eigenvalue weighted by Gasteiger charge is 2.59. The smallest absolute Gasteiger partial charge is 0.305 e. The number of benzene rings is 2. The van der Waals surface area contributed by atoms with E-state index in [1.54, 1.807) is 6.92 Å². The van der Waals surface area contributed by atoms with Crippen molar-refractivity contribution < 1.29 is 31.5 Å². The van der Waals surface area contributed by atoms with Crippen LogP contribution in [0.2, 0.25) is 5.02 Å². The Bertz CT molecular complexity index is 1140. The molecular formula is C23H23ClF2O5S. The molecule has 172 valence electrons. The lowest BCUT2D eigenvalue weighted by molar-refractivity contribution is -0.145. The number of carbonyl (C=O) groups is 1. The van der Waals surface area contributed by atoms with Crippen molar-refractivity contribution in [3.05, 3.63) is 58.6 Å². The molecule has 0 bridgehead atoms. The Morgan fingerprint density at radius 1 is 1.19 bits per heavy atom. The third-order valence-electron chi connectivity index (χ3n) is 6.48. The first kappa shape index (κ1) is 23.0. The predicted octanol–water partition coefficient (Wildman–Crippen LogP) is 5.05. The van der Waals surface area contributed by atoms with Crippen LogP contribution < -0.4 is 4.74 Å². The van der Waals surface area contributed by atoms with Crippen LogP contribution in [0.25, 0.3) is 0 Å². The van der Waals surface area contributed by atoms with E-state index in [1.165, 1.54) is 24.3 Å². The van der Waals surface area contributed by atoms with E-state index in [0.717, 1.165) is 12.1 Å². The van der Waals surface area contributed by atoms with E-state index in [0.29, 0.717) is 17.9 Å². The van der Waals surface area contributed by atoms with Crippen LogP contribution in [-0.2, 0) is 24.1 Å². The van der Waals surface area contributed by atoms with Crippen molar-refractivity contribution >= 4 is 27.4 Å². The number of hydrogen-bond acceptors (Lipinski definition) is 5. The molecule has 2 aromatic rings. The monoisotopic (exact) mass is 484 g/mol. The second-order valence-corrected chi connectivity index (χ2v) is 10.9. The average Bonchev–Trinajstić information content (AvgIpc) is 2.79. The Morgan fingerprint density at radius 2 is 1.88 bits per heavy atom. The molecule has 0 aromatic heterocycles. The zero-order valence-electron chi connectivity index (χ0n) is 17.4. The summed E-state index contributed by atoms with van der Waals surface area (Å²) in [5, 5.41) is 0.365. The Balaban J connectivity index is 1.83. The Hall–Kier alpha value is -2.19. The van der Waals surface area contributed by atoms with Crippen molar-refractivity contribution in [3.8, 4) is 5.75 Å². The molecule has 0 saturated heterocycles. The van der Waals surface area contributed by atoms with Crippen molar-refractivity contribution in [3.63, 3.8) is 0 Å². The van der Waals surface area contributed by atoms with Crippen LogP contribution in [0.3, 0.4) is 0 Å². The predicted molar refractivity (Wildman–Crippen MR) is 114 cm³/mol. The average molecular weight is 485 g/mol. The molecular weight excluding hydrogens is 462 g/mol. The molecule has 1 heterocycles. The van der Waals surface area contributed by atoms with Gasteiger partial charge in [-0.25, -0.2) is 17.2 Å². The van der Waals surface area contributed by atoms with E-state index < -0.39 is 32.1 Å². The largest absolute Gasteiger partial charge is 0.490 e. The molecule has 1 aliphatic heterocycles. The first-order valence-corrected chi connectivity index (χ1v) is 12.3. The molecule has 1 aliphatic carbocycles. The second-order valence-electron chi connectivity index (χ2n) is 8.27. The topological polar surface area (TPSA) is 69.7 Å². The van der Waals surface area contributed by atoms with Gasteiger partial charge in [-0.15, -0.1) is 0 Å². The molecule has 2 aliphatic rings. The van der Waals surface area contributed by atoms with Gasteiger partial charge in [0.25, 0.3) is 0 Å². The molecule has 1 fully saturated rings. The van der Waals surface area contributed by atoms with Crippen LogP contribution in [0.1, 0.15) is 38.2 Å². The minimum Gasteiger partial charge on any atom is -0.490 e. The Kier molecular flexibility index (Phi) is 6.20. The molecule has 9 heteroatoms. The maximum Gasteiger partial charge on any atom is 0.305 e. The fourth-order valence-electron chi connectivity index (χ4n) is 4.89. The first-order valence-electron chi connectivity index (χ1n) is 10.5. The summed E-state index contributed by atoms with van der Waals surface area (Å²) in [5.41, 5.74) is -0.257. The fraction of sp³-hybridized carbons (Fsp3) is 0.435. The lowest BCUT2D eigenvalue weighted by atomic mass is 9.69. The summed E-state index contributed by atoms with van der Waals surface area (Å²) in [4.78, 5) is 11.6. The minimum absolute atomic E-state index is 0.0146. The van der Waals surface area contributed by atoms with E-state index in [1.807, 2.05) is 0 Å². The Labute approximate surface area is 190 Å². The highest BCUT2D eigenvalue weighted by Crippen LogP contribution is 2.57. The van der Waals surface area contributed by atoms with Crippen molar-refractivity contribution in [1.82, 2.24) is 0 Å². The SMILES string of the molecule is CCC(=O)OC[C@H]1CC[C@]2(S(=O)(=O)c3ccc(Cl)cc3)c3c(F)ccc(F)c3OC[C@@H]2C1. The van der Waals surface area contributed by atoms with Gasteiger partial charge in [-0.05, 0) is 61.6 Å². The standard InChI is InChI=1S/C23H23ClF2O5S/c1-2-20(27)30-12-14-9-10-23(32(28,29)17-5-3-16(24)4-6-17)15(11-14)13-31-22-19(26)8-7-18(25)21(22)23/h3-8,14-15H,2,9-13H2,1H3/t14-,15-,23+/m0/s1. The maximum atomic E-state index is 15.2. The summed E-state index contributed by atoms with van der Waals surface area (Å²) in [7, 11) is -4.17. The van der Waals surface area contributed by atoms with E-state index in [2.05, 4.69) is 0 Å². The highest BCUT2D eigenvalue weighted by molar-refractivity contribution is 7.92. The van der Waals surface area contributed by atoms with Crippen LogP contribution in [-0.4, -0.2) is 27.6 Å². The number of rotatable bonds is 5. The van der Waals surface area contributed by atoms with Gasteiger partial charge >= 0.3 is 5.97 Å². The molecule has 5 nitrogen and oxygen atoms in total. The fourth-order valence-corrected chi connectivity index (χ4v) is 7.38. The lowest BCUT2D eigenvalue weighted by Gasteiger charge is -2.49. The normalized spacial score (nSPS) is 24.8. The van der Waals surface area contributed by atoms with Crippen molar-refractivity contribution in [2.24, 2.45) is 11.8 Å². The van der Waals surface area contributed by atoms with Gasteiger partial charge in [0.05, 0.1) is 23.7 Å². The number of halogens is 3. The van der Waals surface area contributed by atoms with Gasteiger partial charge in [0, 0.05) is 17.4 Å². The van der Waals surface area contributed by atoms with E-state index in [9.17, 15) is 17.6 Å². The highest BCUT2D eigenvalue weighted by atomic mass is 35.5. The third-order valence-corrected chi connectivity index (χ3v) is 9.33. The lowest BCUT2D eigenvalue weighted by Crippen LogP contribution is -2.52. The third kappa shape index (κ3) is 3.67. The number of ether oxygens (including phenoxy) is 2. The zero-order valence-corrected chi connectivity index (χ0v) is 19.0. The number of esters is 1. The molecule has 3 atom stereocenters. The van der Waals surface area contributed by atoms with E-state index >= 15 is 4.39 Å². The second kappa shape index (κ2) is 8.63. The number of sulfone groups is 1. The number of fused-ring (bicyclic) bond motifs is 3. The van der Waals surface area contributed by atoms with Crippen molar-refractivity contribution in [2.75, 3.05) is 13.2 Å². The van der Waals surface area contributed by atoms with E-state index in [4.69, 9.17) is 21.1 Å². The van der Waals surface area contributed by atoms with Crippen LogP contribution in [0.5, 0.6) is 5.75 Å². The minimum atomic E-state index is -4.17. The summed E-state index contributed by atoms with van der Waals surface area (Å²) >= 11 is 5.94. The molecule has 0 radical (unpaired) electrons. The van der Waals surface area contributed by atoms with Gasteiger partial charge in [0.2, 0.25) is 0 Å². The molecule has 0 unspecified atom stereocenters. The molecule has 0 spiro atoms. The van der Waals surface area contributed by atoms with Gasteiger partial charge in [0.1, 0.15) is 10.6 Å². The first-order chi connectivity index (χ1) is 15.2. The van der Waals surface area contributed by atoms with Gasteiger partial charge in [-0.1, -0.05) is 18.5 Å². The quantitative estimate of drug-likeness (QED) is 0.555. The summed E-state index contributed by atoms with van der Waals surface area (Å²) in [5.74, 6) is -3.07. The van der Waals surface area contributed by atoms with Crippen molar-refractivity contribution in [1.29, 1.82) is 0 Å². The van der Waals surface area contributed by atoms with E-state index in [-0.39, 0.29) is 54.2 Å². The summed E-state index contributed by atoms with van der Waals surface area (Å²) in [6, 6.07) is 7.55. The summed E-state index contributed by atoms with van der Waals surface area (Å²) in [6.45, 7) is 1.76. The molecule has 0 N–H and O–H groups in total. The van der Waals surface area contributed by atoms with Crippen LogP contribution >= 0.6 is 11.6 Å². The molecule has 4 rings (SSSR count). The molecule has 2 aromatic carbocycles. The van der Waals surface area contributed by atoms with Crippen LogP contribution in [0, 0.1) is 23.5 Å². The van der Waals surface area contributed by atoms with Gasteiger partial charge in [-0.3, -0.25) is 4.79 Å². The maximum absolute atomic E-state index is 15.2. The molecule has 32 heavy (non-hydrogen) atoms. The summed E-state index contributed by atoms with van der Waals surface area (Å²) in [6.07, 6.45) is 0.995. The van der Waals surface area contributed by atoms with Gasteiger partial charge in [-0.2, -0.15) is 0 Å². The molecule has 1 saturated carbocycles. The van der Waals surface area contributed by atoms with Gasteiger partial charge in [0.15, 0.2) is 21.4 Å².